The van der Waals surface area contributed by atoms with Gasteiger partial charge in [-0.15, -0.1) is 0 Å². The van der Waals surface area contributed by atoms with Crippen LogP contribution in [0.2, 0.25) is 0 Å². The number of allylic oxidation sites excluding steroid dienone is 1. The second-order valence-electron chi connectivity index (χ2n) is 11.1. The number of hydrogen-bond acceptors (Lipinski definition) is 9. The summed E-state index contributed by atoms with van der Waals surface area (Å²) in [6, 6.07) is 0. The summed E-state index contributed by atoms with van der Waals surface area (Å²) in [5.74, 6) is -4.09. The fourth-order valence-corrected chi connectivity index (χ4v) is 7.37. The van der Waals surface area contributed by atoms with E-state index in [0.717, 1.165) is 25.9 Å². The Kier molecular flexibility index (Phi) is 5.97. The lowest BCUT2D eigenvalue weighted by atomic mass is 9.50. The third kappa shape index (κ3) is 3.42. The minimum Gasteiger partial charge on any atom is -0.458 e. The number of ketones is 3. The number of nitrogens with zero attached hydrogens (tertiary/aromatic N) is 1. The van der Waals surface area contributed by atoms with Gasteiger partial charge in [-0.25, -0.2) is 4.79 Å². The van der Waals surface area contributed by atoms with E-state index in [1.807, 2.05) is 4.90 Å². The van der Waals surface area contributed by atoms with E-state index in [2.05, 4.69) is 0 Å². The predicted molar refractivity (Wildman–Crippen MR) is 125 cm³/mol. The molecule has 9 heteroatoms. The highest BCUT2D eigenvalue weighted by atomic mass is 16.6. The van der Waals surface area contributed by atoms with Crippen molar-refractivity contribution in [3.8, 4) is 0 Å². The van der Waals surface area contributed by atoms with Crippen LogP contribution in [-0.4, -0.2) is 73.2 Å². The average Bonchev–Trinajstić information content (AvgIpc) is 3.42. The Morgan fingerprint density at radius 3 is 2.50 bits per heavy atom. The minimum absolute atomic E-state index is 0.00163. The second kappa shape index (κ2) is 8.64. The maximum absolute atomic E-state index is 13.9. The summed E-state index contributed by atoms with van der Waals surface area (Å²) in [7, 11) is 1.48. The molecule has 5 aliphatic rings. The van der Waals surface area contributed by atoms with E-state index in [0.29, 0.717) is 18.4 Å². The first-order valence-electron chi connectivity index (χ1n) is 12.7. The number of likely N-dealkylation sites (tertiary alicyclic amines) is 1. The normalized spacial score (nSPS) is 39.2. The Labute approximate surface area is 210 Å². The quantitative estimate of drug-likeness (QED) is 0.325. The molecule has 0 amide bonds. The Morgan fingerprint density at radius 2 is 1.86 bits per heavy atom. The molecule has 9 nitrogen and oxygen atoms in total. The van der Waals surface area contributed by atoms with Gasteiger partial charge in [0.1, 0.15) is 18.0 Å². The third-order valence-corrected chi connectivity index (χ3v) is 9.10. The van der Waals surface area contributed by atoms with Crippen molar-refractivity contribution >= 4 is 29.3 Å². The van der Waals surface area contributed by atoms with E-state index in [9.17, 15) is 24.0 Å². The highest BCUT2D eigenvalue weighted by molar-refractivity contribution is 6.47. The molecule has 2 aliphatic heterocycles. The fraction of sp³-hybridized carbons (Fsp3) is 0.667. The van der Waals surface area contributed by atoms with Gasteiger partial charge in [0.2, 0.25) is 11.6 Å². The van der Waals surface area contributed by atoms with Gasteiger partial charge in [-0.2, -0.15) is 0 Å². The zero-order chi connectivity index (χ0) is 26.0. The summed E-state index contributed by atoms with van der Waals surface area (Å²) >= 11 is 0. The number of rotatable bonds is 4. The molecule has 0 aromatic rings. The van der Waals surface area contributed by atoms with Crippen LogP contribution in [0.4, 0.5) is 0 Å². The number of cyclic esters (lactones) is 1. The molecule has 0 radical (unpaired) electrons. The number of methoxy groups -OCH3 is 1. The van der Waals surface area contributed by atoms with E-state index < -0.39 is 58.4 Å². The van der Waals surface area contributed by atoms with Crippen molar-refractivity contribution in [3.63, 3.8) is 0 Å². The average molecular weight is 500 g/mol. The Bertz CT molecular complexity index is 1110. The fourth-order valence-electron chi connectivity index (χ4n) is 7.37. The van der Waals surface area contributed by atoms with Gasteiger partial charge in [0.25, 0.3) is 0 Å². The number of carbonyl (C=O) groups excluding carboxylic acids is 5. The van der Waals surface area contributed by atoms with Crippen molar-refractivity contribution in [2.24, 2.45) is 22.7 Å². The summed E-state index contributed by atoms with van der Waals surface area (Å²) in [5, 5.41) is 0. The van der Waals surface area contributed by atoms with Gasteiger partial charge in [-0.1, -0.05) is 13.8 Å². The van der Waals surface area contributed by atoms with Crippen molar-refractivity contribution in [3.05, 3.63) is 22.9 Å². The highest BCUT2D eigenvalue weighted by Gasteiger charge is 2.67. The van der Waals surface area contributed by atoms with Crippen LogP contribution in [0.15, 0.2) is 22.9 Å². The molecule has 0 aromatic heterocycles. The van der Waals surface area contributed by atoms with Crippen LogP contribution in [0.3, 0.4) is 0 Å². The zero-order valence-electron chi connectivity index (χ0n) is 21.3. The lowest BCUT2D eigenvalue weighted by Gasteiger charge is -2.55. The van der Waals surface area contributed by atoms with Crippen molar-refractivity contribution in [2.75, 3.05) is 26.8 Å². The third-order valence-electron chi connectivity index (χ3n) is 9.10. The van der Waals surface area contributed by atoms with Gasteiger partial charge in [0.15, 0.2) is 0 Å². The Balaban J connectivity index is 1.76. The van der Waals surface area contributed by atoms with Crippen molar-refractivity contribution in [1.29, 1.82) is 0 Å². The van der Waals surface area contributed by atoms with Crippen molar-refractivity contribution in [2.45, 2.75) is 65.1 Å². The lowest BCUT2D eigenvalue weighted by Crippen LogP contribution is -2.62. The van der Waals surface area contributed by atoms with Gasteiger partial charge in [0, 0.05) is 68.5 Å². The van der Waals surface area contributed by atoms with Crippen molar-refractivity contribution < 1.29 is 38.2 Å². The molecule has 1 unspecified atom stereocenters. The molecule has 6 atom stereocenters. The predicted octanol–water partition coefficient (Wildman–Crippen LogP) is 1.93. The van der Waals surface area contributed by atoms with Crippen molar-refractivity contribution in [1.82, 2.24) is 4.90 Å². The second-order valence-corrected chi connectivity index (χ2v) is 11.1. The standard InChI is InChI=1S/C27H33NO8/c1-14(29)35-17-11-26(2)16(7-8-18(26)30)20-22(17)27(3)19(13-34-4)36-25(33)15(12-28-9-5-6-10-28)21(27)24(32)23(20)31/h12,16-17,19,21H,5-11,13H2,1-4H3/b15-12-/t16-,17+,19+,21?,26-,27-/m0/s1. The number of fused-ring (bicyclic) bond motifs is 4. The van der Waals surface area contributed by atoms with Gasteiger partial charge in [-0.05, 0) is 24.8 Å². The molecule has 5 rings (SSSR count). The van der Waals surface area contributed by atoms with Crippen LogP contribution in [0.25, 0.3) is 0 Å². The van der Waals surface area contributed by atoms with Crippen LogP contribution in [0.5, 0.6) is 0 Å². The summed E-state index contributed by atoms with van der Waals surface area (Å²) < 4.78 is 17.1. The largest absolute Gasteiger partial charge is 0.458 e. The minimum atomic E-state index is -1.18. The van der Waals surface area contributed by atoms with E-state index in [1.54, 1.807) is 20.0 Å². The molecular formula is C27H33NO8. The summed E-state index contributed by atoms with van der Waals surface area (Å²) in [6.45, 7) is 6.38. The van der Waals surface area contributed by atoms with Crippen LogP contribution >= 0.6 is 0 Å². The molecule has 3 aliphatic carbocycles. The number of Topliss-reactive ketones (excluding diaryl/α,β-unsaturated/α-hetero) is 3. The lowest BCUT2D eigenvalue weighted by molar-refractivity contribution is -0.174. The van der Waals surface area contributed by atoms with Crippen LogP contribution in [0.1, 0.15) is 52.9 Å². The highest BCUT2D eigenvalue weighted by Crippen LogP contribution is 2.62. The SMILES string of the molecule is COC[C@H]1OC(=O)/C(=C\N2CCCC2)C2C(=O)C(=O)C3=C([C@H](OC(C)=O)C[C@]4(C)C(=O)CC[C@@H]34)[C@]21C. The molecule has 2 saturated heterocycles. The molecule has 0 N–H and O–H groups in total. The summed E-state index contributed by atoms with van der Waals surface area (Å²) in [5.41, 5.74) is -1.17. The first kappa shape index (κ1) is 24.9. The molecule has 0 aromatic carbocycles. The number of carbonyl (C=O) groups is 5. The molecular weight excluding hydrogens is 466 g/mol. The first-order chi connectivity index (χ1) is 17.0. The van der Waals surface area contributed by atoms with Crippen LogP contribution in [0, 0.1) is 22.7 Å². The van der Waals surface area contributed by atoms with E-state index in [4.69, 9.17) is 14.2 Å². The van der Waals surface area contributed by atoms with Gasteiger partial charge in [0.05, 0.1) is 18.1 Å². The summed E-state index contributed by atoms with van der Waals surface area (Å²) in [4.78, 5) is 68.2. The number of ether oxygens (including phenoxy) is 3. The molecule has 2 heterocycles. The molecule has 1 saturated carbocycles. The topological polar surface area (TPSA) is 116 Å². The monoisotopic (exact) mass is 499 g/mol. The zero-order valence-corrected chi connectivity index (χ0v) is 21.3. The maximum atomic E-state index is 13.9. The molecule has 194 valence electrons. The molecule has 0 bridgehead atoms. The van der Waals surface area contributed by atoms with Gasteiger partial charge >= 0.3 is 11.9 Å². The van der Waals surface area contributed by atoms with Crippen LogP contribution in [-0.2, 0) is 38.2 Å². The van der Waals surface area contributed by atoms with E-state index in [-0.39, 0.29) is 30.0 Å². The van der Waals surface area contributed by atoms with Gasteiger partial charge < -0.3 is 19.1 Å². The Hall–Kier alpha value is -2.81. The summed E-state index contributed by atoms with van der Waals surface area (Å²) in [6.07, 6.45) is 2.81. The Morgan fingerprint density at radius 1 is 1.17 bits per heavy atom. The number of esters is 2. The molecule has 36 heavy (non-hydrogen) atoms. The van der Waals surface area contributed by atoms with E-state index >= 15 is 0 Å². The molecule has 3 fully saturated rings. The first-order valence-corrected chi connectivity index (χ1v) is 12.7. The molecule has 0 spiro atoms. The number of hydrogen-bond donors (Lipinski definition) is 0. The smallest absolute Gasteiger partial charge is 0.336 e. The van der Waals surface area contributed by atoms with Gasteiger partial charge in [-0.3, -0.25) is 19.2 Å². The van der Waals surface area contributed by atoms with E-state index in [1.165, 1.54) is 14.0 Å². The van der Waals surface area contributed by atoms with Crippen LogP contribution < -0.4 is 0 Å². The maximum Gasteiger partial charge on any atom is 0.336 e.